The van der Waals surface area contributed by atoms with Crippen LogP contribution < -0.4 is 10.6 Å². The van der Waals surface area contributed by atoms with E-state index in [9.17, 15) is 0 Å². The maximum atomic E-state index is 5.62. The zero-order chi connectivity index (χ0) is 11.5. The minimum Gasteiger partial charge on any atom is -0.369 e. The Bertz CT molecular complexity index is 346. The van der Waals surface area contributed by atoms with Gasteiger partial charge in [-0.1, -0.05) is 13.8 Å². The van der Waals surface area contributed by atoms with Gasteiger partial charge in [-0.2, -0.15) is 11.8 Å². The molecule has 2 N–H and O–H groups in total. The van der Waals surface area contributed by atoms with Crippen LogP contribution in [0.5, 0.6) is 0 Å². The van der Waals surface area contributed by atoms with Crippen molar-refractivity contribution in [3.8, 4) is 0 Å². The summed E-state index contributed by atoms with van der Waals surface area (Å²) in [4.78, 5) is 6.67. The van der Waals surface area contributed by atoms with Gasteiger partial charge >= 0.3 is 0 Å². The normalized spacial score (nSPS) is 25.8. The molecule has 0 saturated carbocycles. The smallest absolute Gasteiger partial charge is 0.0560 e. The van der Waals surface area contributed by atoms with Gasteiger partial charge in [0.15, 0.2) is 0 Å². The van der Waals surface area contributed by atoms with Crippen LogP contribution in [0.3, 0.4) is 0 Å². The molecule has 0 amide bonds. The monoisotopic (exact) mass is 237 g/mol. The summed E-state index contributed by atoms with van der Waals surface area (Å²) in [5.74, 6) is 0. The van der Waals surface area contributed by atoms with Crippen LogP contribution in [-0.4, -0.2) is 28.6 Å². The SMILES string of the molecule is CC1CN(c2ccnc(CN)c2)CC(C)S1. The molecule has 2 heterocycles. The second-order valence-corrected chi connectivity index (χ2v) is 6.25. The number of hydrogen-bond donors (Lipinski definition) is 1. The summed E-state index contributed by atoms with van der Waals surface area (Å²) in [7, 11) is 0. The van der Waals surface area contributed by atoms with Crippen molar-refractivity contribution < 1.29 is 0 Å². The fourth-order valence-corrected chi connectivity index (χ4v) is 3.49. The van der Waals surface area contributed by atoms with Gasteiger partial charge in [0.25, 0.3) is 0 Å². The number of nitrogens with two attached hydrogens (primary N) is 1. The maximum absolute atomic E-state index is 5.62. The Morgan fingerprint density at radius 1 is 1.44 bits per heavy atom. The van der Waals surface area contributed by atoms with Crippen LogP contribution in [0.2, 0.25) is 0 Å². The van der Waals surface area contributed by atoms with Crippen LogP contribution in [0.25, 0.3) is 0 Å². The van der Waals surface area contributed by atoms with Crippen molar-refractivity contribution in [3.63, 3.8) is 0 Å². The first kappa shape index (κ1) is 11.7. The zero-order valence-corrected chi connectivity index (χ0v) is 10.7. The molecule has 1 saturated heterocycles. The molecule has 0 bridgehead atoms. The van der Waals surface area contributed by atoms with Gasteiger partial charge in [-0.05, 0) is 12.1 Å². The van der Waals surface area contributed by atoms with Gasteiger partial charge < -0.3 is 10.6 Å². The average Bonchev–Trinajstić information content (AvgIpc) is 2.28. The van der Waals surface area contributed by atoms with Crippen molar-refractivity contribution in [1.29, 1.82) is 0 Å². The summed E-state index contributed by atoms with van der Waals surface area (Å²) < 4.78 is 0. The number of nitrogens with zero attached hydrogens (tertiary/aromatic N) is 2. The molecule has 1 aliphatic heterocycles. The lowest BCUT2D eigenvalue weighted by Crippen LogP contribution is -2.40. The van der Waals surface area contributed by atoms with E-state index in [-0.39, 0.29) is 0 Å². The van der Waals surface area contributed by atoms with Crippen molar-refractivity contribution in [3.05, 3.63) is 24.0 Å². The van der Waals surface area contributed by atoms with Gasteiger partial charge in [-0.25, -0.2) is 0 Å². The van der Waals surface area contributed by atoms with Crippen molar-refractivity contribution >= 4 is 17.4 Å². The van der Waals surface area contributed by atoms with Crippen LogP contribution >= 0.6 is 11.8 Å². The fourth-order valence-electron chi connectivity index (χ4n) is 2.16. The van der Waals surface area contributed by atoms with Crippen LogP contribution in [0, 0.1) is 0 Å². The van der Waals surface area contributed by atoms with E-state index in [2.05, 4.69) is 47.6 Å². The van der Waals surface area contributed by atoms with Crippen molar-refractivity contribution in [1.82, 2.24) is 4.98 Å². The molecular weight excluding hydrogens is 218 g/mol. The zero-order valence-electron chi connectivity index (χ0n) is 9.89. The second-order valence-electron chi connectivity index (χ2n) is 4.37. The van der Waals surface area contributed by atoms with Crippen LogP contribution in [0.1, 0.15) is 19.5 Å². The lowest BCUT2D eigenvalue weighted by atomic mass is 10.2. The van der Waals surface area contributed by atoms with E-state index in [0.717, 1.165) is 18.8 Å². The molecule has 0 radical (unpaired) electrons. The van der Waals surface area contributed by atoms with Gasteiger partial charge in [0.1, 0.15) is 0 Å². The molecule has 3 nitrogen and oxygen atoms in total. The molecule has 88 valence electrons. The minimum absolute atomic E-state index is 0.515. The Balaban J connectivity index is 2.16. The number of pyridine rings is 1. The predicted molar refractivity (Wildman–Crippen MR) is 70.9 cm³/mol. The van der Waals surface area contributed by atoms with E-state index in [4.69, 9.17) is 5.73 Å². The summed E-state index contributed by atoms with van der Waals surface area (Å²) >= 11 is 2.07. The van der Waals surface area contributed by atoms with E-state index >= 15 is 0 Å². The molecule has 1 aromatic heterocycles. The van der Waals surface area contributed by atoms with Crippen LogP contribution in [-0.2, 0) is 6.54 Å². The van der Waals surface area contributed by atoms with Crippen molar-refractivity contribution in [2.24, 2.45) is 5.73 Å². The molecule has 4 heteroatoms. The quantitative estimate of drug-likeness (QED) is 0.852. The van der Waals surface area contributed by atoms with Gasteiger partial charge in [-0.3, -0.25) is 4.98 Å². The lowest BCUT2D eigenvalue weighted by Gasteiger charge is -2.36. The van der Waals surface area contributed by atoms with Gasteiger partial charge in [0.2, 0.25) is 0 Å². The van der Waals surface area contributed by atoms with E-state index in [1.807, 2.05) is 6.20 Å². The van der Waals surface area contributed by atoms with E-state index in [1.165, 1.54) is 5.69 Å². The lowest BCUT2D eigenvalue weighted by molar-refractivity contribution is 0.726. The topological polar surface area (TPSA) is 42.2 Å². The Morgan fingerprint density at radius 2 is 2.12 bits per heavy atom. The highest BCUT2D eigenvalue weighted by atomic mass is 32.2. The standard InChI is InChI=1S/C12H19N3S/c1-9-7-15(8-10(2)16-9)12-3-4-14-11(5-12)6-13/h3-5,9-10H,6-8,13H2,1-2H3. The first-order chi connectivity index (χ1) is 7.69. The maximum Gasteiger partial charge on any atom is 0.0560 e. The molecule has 1 aliphatic rings. The molecule has 16 heavy (non-hydrogen) atoms. The summed E-state index contributed by atoms with van der Waals surface area (Å²) in [5, 5.41) is 1.39. The van der Waals surface area contributed by atoms with E-state index in [0.29, 0.717) is 17.0 Å². The summed E-state index contributed by atoms with van der Waals surface area (Å²) in [5.41, 5.74) is 7.85. The molecule has 1 fully saturated rings. The summed E-state index contributed by atoms with van der Waals surface area (Å²) in [6, 6.07) is 4.18. The number of thioether (sulfide) groups is 1. The third-order valence-electron chi connectivity index (χ3n) is 2.79. The fraction of sp³-hybridized carbons (Fsp3) is 0.583. The molecule has 0 spiro atoms. The van der Waals surface area contributed by atoms with Crippen molar-refractivity contribution in [2.75, 3.05) is 18.0 Å². The Labute approximate surface area is 101 Å². The number of anilines is 1. The molecule has 2 rings (SSSR count). The first-order valence-corrected chi connectivity index (χ1v) is 6.68. The van der Waals surface area contributed by atoms with Gasteiger partial charge in [0.05, 0.1) is 5.69 Å². The van der Waals surface area contributed by atoms with E-state index in [1.54, 1.807) is 0 Å². The van der Waals surface area contributed by atoms with Crippen molar-refractivity contribution in [2.45, 2.75) is 30.9 Å². The van der Waals surface area contributed by atoms with Crippen LogP contribution in [0.15, 0.2) is 18.3 Å². The Morgan fingerprint density at radius 3 is 2.75 bits per heavy atom. The molecule has 0 aliphatic carbocycles. The molecule has 2 unspecified atom stereocenters. The second kappa shape index (κ2) is 5.06. The van der Waals surface area contributed by atoms with Gasteiger partial charge in [0, 0.05) is 42.0 Å². The summed E-state index contributed by atoms with van der Waals surface area (Å²) in [6.45, 7) is 7.32. The highest BCUT2D eigenvalue weighted by molar-refractivity contribution is 8.00. The third kappa shape index (κ3) is 2.68. The summed E-state index contributed by atoms with van der Waals surface area (Å²) in [6.07, 6.45) is 1.86. The third-order valence-corrected chi connectivity index (χ3v) is 4.02. The predicted octanol–water partition coefficient (Wildman–Crippen LogP) is 1.87. The minimum atomic E-state index is 0.515. The first-order valence-electron chi connectivity index (χ1n) is 5.74. The number of rotatable bonds is 2. The number of hydrogen-bond acceptors (Lipinski definition) is 4. The highest BCUT2D eigenvalue weighted by Crippen LogP contribution is 2.28. The van der Waals surface area contributed by atoms with E-state index < -0.39 is 0 Å². The number of aromatic nitrogens is 1. The molecule has 1 aromatic rings. The highest BCUT2D eigenvalue weighted by Gasteiger charge is 2.22. The molecule has 2 atom stereocenters. The van der Waals surface area contributed by atoms with Gasteiger partial charge in [-0.15, -0.1) is 0 Å². The average molecular weight is 237 g/mol. The van der Waals surface area contributed by atoms with Crippen LogP contribution in [0.4, 0.5) is 5.69 Å². The molecule has 0 aromatic carbocycles. The Hall–Kier alpha value is -0.740. The Kier molecular flexibility index (Phi) is 3.71. The largest absolute Gasteiger partial charge is 0.369 e. The molecular formula is C12H19N3S.